The molecular weight excluding hydrogens is 664 g/mol. The van der Waals surface area contributed by atoms with Crippen LogP contribution in [0.5, 0.6) is 34.5 Å². The topological polar surface area (TPSA) is 66.4 Å². The van der Waals surface area contributed by atoms with Gasteiger partial charge in [-0.2, -0.15) is 0 Å². The number of halogens is 2. The summed E-state index contributed by atoms with van der Waals surface area (Å²) < 4.78 is 30.1. The van der Waals surface area contributed by atoms with E-state index in [4.69, 9.17) is 23.7 Å². The fourth-order valence-corrected chi connectivity index (χ4v) is 5.45. The van der Waals surface area contributed by atoms with Crippen LogP contribution in [0.4, 0.5) is 0 Å². The van der Waals surface area contributed by atoms with Crippen LogP contribution < -0.4 is 23.7 Å². The summed E-state index contributed by atoms with van der Waals surface area (Å²) in [7, 11) is 6.49. The van der Waals surface area contributed by atoms with E-state index < -0.39 is 0 Å². The molecule has 226 valence electrons. The smallest absolute Gasteiger partial charge is 0.133 e. The molecule has 0 amide bonds. The molecule has 3 aromatic rings. The molecule has 0 spiro atoms. The molecular formula is C34H40Br2O6. The molecule has 0 saturated carbocycles. The second kappa shape index (κ2) is 16.5. The van der Waals surface area contributed by atoms with Gasteiger partial charge in [-0.25, -0.2) is 0 Å². The van der Waals surface area contributed by atoms with Gasteiger partial charge in [0, 0.05) is 22.3 Å². The third kappa shape index (κ3) is 8.71. The highest BCUT2D eigenvalue weighted by molar-refractivity contribution is 9.11. The minimum Gasteiger partial charge on any atom is -0.507 e. The zero-order valence-corrected chi connectivity index (χ0v) is 28.3. The Hall–Kier alpha value is -3.10. The molecule has 1 atom stereocenters. The summed E-state index contributed by atoms with van der Waals surface area (Å²) in [5.41, 5.74) is 3.01. The van der Waals surface area contributed by atoms with Gasteiger partial charge < -0.3 is 28.8 Å². The van der Waals surface area contributed by atoms with E-state index in [1.165, 1.54) is 6.42 Å². The Bertz CT molecular complexity index is 1400. The van der Waals surface area contributed by atoms with Gasteiger partial charge in [-0.1, -0.05) is 57.4 Å². The number of benzene rings is 3. The first-order chi connectivity index (χ1) is 20.3. The van der Waals surface area contributed by atoms with E-state index in [0.717, 1.165) is 44.9 Å². The van der Waals surface area contributed by atoms with E-state index >= 15 is 0 Å². The zero-order valence-electron chi connectivity index (χ0n) is 25.1. The van der Waals surface area contributed by atoms with Gasteiger partial charge >= 0.3 is 0 Å². The van der Waals surface area contributed by atoms with E-state index in [1.807, 2.05) is 54.6 Å². The first kappa shape index (κ1) is 33.4. The summed E-state index contributed by atoms with van der Waals surface area (Å²) in [4.78, 5) is 0. The third-order valence-electron chi connectivity index (χ3n) is 7.07. The first-order valence-electron chi connectivity index (χ1n) is 14.0. The van der Waals surface area contributed by atoms with Gasteiger partial charge in [0.25, 0.3) is 0 Å². The predicted molar refractivity (Wildman–Crippen MR) is 179 cm³/mol. The molecule has 0 aliphatic carbocycles. The Morgan fingerprint density at radius 3 is 1.55 bits per heavy atom. The van der Waals surface area contributed by atoms with Crippen LogP contribution in [0, 0.1) is 5.92 Å². The molecule has 6 nitrogen and oxygen atoms in total. The van der Waals surface area contributed by atoms with Crippen molar-refractivity contribution in [2.24, 2.45) is 5.92 Å². The third-order valence-corrected chi connectivity index (χ3v) is 8.31. The fraction of sp³-hybridized carbons (Fsp3) is 0.353. The lowest BCUT2D eigenvalue weighted by atomic mass is 10.0. The fourth-order valence-electron chi connectivity index (χ4n) is 4.48. The van der Waals surface area contributed by atoms with Crippen LogP contribution in [-0.4, -0.2) is 40.2 Å². The summed E-state index contributed by atoms with van der Waals surface area (Å²) >= 11 is 7.01. The maximum atomic E-state index is 11.1. The van der Waals surface area contributed by atoms with Gasteiger partial charge in [0.1, 0.15) is 34.5 Å². The highest BCUT2D eigenvalue weighted by Crippen LogP contribution is 2.37. The number of phenols is 1. The Morgan fingerprint density at radius 2 is 1.10 bits per heavy atom. The highest BCUT2D eigenvalue weighted by atomic mass is 79.9. The largest absolute Gasteiger partial charge is 0.507 e. The molecule has 0 aliphatic heterocycles. The Balaban J connectivity index is 2.04. The number of aromatic hydroxyl groups is 1. The summed E-state index contributed by atoms with van der Waals surface area (Å²) in [6.07, 6.45) is 12.1. The normalized spacial score (nSPS) is 12.1. The van der Waals surface area contributed by atoms with E-state index in [1.54, 1.807) is 34.5 Å². The number of hydrogen-bond donors (Lipinski definition) is 1. The molecule has 8 heteroatoms. The molecule has 42 heavy (non-hydrogen) atoms. The number of rotatable bonds is 15. The van der Waals surface area contributed by atoms with Gasteiger partial charge in [-0.3, -0.25) is 0 Å². The lowest BCUT2D eigenvalue weighted by molar-refractivity contribution is 0.232. The molecule has 3 aromatic carbocycles. The number of ether oxygens (including phenoxy) is 5. The van der Waals surface area contributed by atoms with Crippen LogP contribution in [0.1, 0.15) is 61.8 Å². The van der Waals surface area contributed by atoms with Crippen LogP contribution in [-0.2, 0) is 0 Å². The molecule has 0 saturated heterocycles. The summed E-state index contributed by atoms with van der Waals surface area (Å²) in [5.74, 6) is 4.00. The van der Waals surface area contributed by atoms with E-state index in [2.05, 4.69) is 45.7 Å². The Labute approximate surface area is 266 Å². The van der Waals surface area contributed by atoms with Gasteiger partial charge in [0.05, 0.1) is 44.0 Å². The van der Waals surface area contributed by atoms with Crippen LogP contribution >= 0.6 is 31.9 Å². The summed E-state index contributed by atoms with van der Waals surface area (Å²) in [6, 6.07) is 11.1. The molecule has 0 aliphatic rings. The van der Waals surface area contributed by atoms with Crippen LogP contribution in [0.15, 0.2) is 45.3 Å². The predicted octanol–water partition coefficient (Wildman–Crippen LogP) is 9.89. The SMILES string of the molecule is CCCCC(CC)COc1cc(/C=C/c2cc(OC)c(Br)cc2OC)c(O)cc1/C=C/c1cc(OC)c(Br)cc1OC. The van der Waals surface area contributed by atoms with Crippen molar-refractivity contribution >= 4 is 56.2 Å². The van der Waals surface area contributed by atoms with Gasteiger partial charge in [-0.05, 0) is 80.6 Å². The standard InChI is InChI=1S/C34H40Br2O6/c1-7-9-10-22(8-2)21-42-32-16-23(11-12-25-17-33(40-5)27(35)19-30(25)38-3)29(37)15-24(32)13-14-26-18-34(41-6)28(36)20-31(26)39-4/h11-20,22,37H,7-10,21H2,1-6H3/b12-11+,14-13+. The first-order valence-corrected chi connectivity index (χ1v) is 15.6. The number of phenolic OH excluding ortho intramolecular Hbond substituents is 1. The number of methoxy groups -OCH3 is 4. The lowest BCUT2D eigenvalue weighted by Gasteiger charge is -2.18. The van der Waals surface area contributed by atoms with Crippen molar-refractivity contribution in [3.8, 4) is 34.5 Å². The number of hydrogen-bond acceptors (Lipinski definition) is 6. The van der Waals surface area contributed by atoms with Gasteiger partial charge in [0.15, 0.2) is 0 Å². The Morgan fingerprint density at radius 1 is 0.643 bits per heavy atom. The molecule has 0 aromatic heterocycles. The van der Waals surface area contributed by atoms with E-state index in [0.29, 0.717) is 46.8 Å². The van der Waals surface area contributed by atoms with Crippen LogP contribution in [0.3, 0.4) is 0 Å². The second-order valence-electron chi connectivity index (χ2n) is 9.80. The van der Waals surface area contributed by atoms with E-state index in [9.17, 15) is 5.11 Å². The monoisotopic (exact) mass is 702 g/mol. The average molecular weight is 704 g/mol. The quantitative estimate of drug-likeness (QED) is 0.159. The zero-order chi connectivity index (χ0) is 30.6. The lowest BCUT2D eigenvalue weighted by Crippen LogP contribution is -2.12. The Kier molecular flexibility index (Phi) is 13.1. The van der Waals surface area contributed by atoms with Gasteiger partial charge in [0.2, 0.25) is 0 Å². The van der Waals surface area contributed by atoms with Crippen molar-refractivity contribution in [3.63, 3.8) is 0 Å². The van der Waals surface area contributed by atoms with Crippen molar-refractivity contribution in [1.82, 2.24) is 0 Å². The minimum atomic E-state index is 0.125. The minimum absolute atomic E-state index is 0.125. The van der Waals surface area contributed by atoms with Crippen molar-refractivity contribution in [3.05, 3.63) is 67.6 Å². The maximum Gasteiger partial charge on any atom is 0.133 e. The molecule has 0 bridgehead atoms. The highest BCUT2D eigenvalue weighted by Gasteiger charge is 2.14. The van der Waals surface area contributed by atoms with Crippen molar-refractivity contribution in [1.29, 1.82) is 0 Å². The van der Waals surface area contributed by atoms with Crippen molar-refractivity contribution in [2.45, 2.75) is 39.5 Å². The van der Waals surface area contributed by atoms with E-state index in [-0.39, 0.29) is 5.75 Å². The average Bonchev–Trinajstić information content (AvgIpc) is 3.00. The summed E-state index contributed by atoms with van der Waals surface area (Å²) in [5, 5.41) is 11.1. The van der Waals surface area contributed by atoms with Gasteiger partial charge in [-0.15, -0.1) is 0 Å². The second-order valence-corrected chi connectivity index (χ2v) is 11.5. The molecule has 0 heterocycles. The van der Waals surface area contributed by atoms with Crippen molar-refractivity contribution in [2.75, 3.05) is 35.0 Å². The molecule has 1 N–H and O–H groups in total. The molecule has 1 unspecified atom stereocenters. The molecule has 0 radical (unpaired) electrons. The van der Waals surface area contributed by atoms with Crippen LogP contribution in [0.2, 0.25) is 0 Å². The number of unbranched alkanes of at least 4 members (excludes halogenated alkanes) is 1. The summed E-state index contributed by atoms with van der Waals surface area (Å²) in [6.45, 7) is 5.00. The molecule has 3 rings (SSSR count). The van der Waals surface area contributed by atoms with Crippen LogP contribution in [0.25, 0.3) is 24.3 Å². The van der Waals surface area contributed by atoms with Crippen molar-refractivity contribution < 1.29 is 28.8 Å². The maximum absolute atomic E-state index is 11.1. The molecule has 0 fully saturated rings.